The second-order valence-electron chi connectivity index (χ2n) is 13.1. The van der Waals surface area contributed by atoms with Gasteiger partial charge in [0.05, 0.1) is 36.3 Å². The molecule has 2 aliphatic rings. The van der Waals surface area contributed by atoms with Crippen molar-refractivity contribution in [1.82, 2.24) is 10.6 Å². The van der Waals surface area contributed by atoms with Gasteiger partial charge in [-0.05, 0) is 92.8 Å². The first kappa shape index (κ1) is 34.2. The van der Waals surface area contributed by atoms with Crippen LogP contribution < -0.4 is 19.7 Å². The number of methoxy groups -OCH3 is 1. The van der Waals surface area contributed by atoms with E-state index in [4.69, 9.17) is 4.74 Å². The maximum atomic E-state index is 16.4. The zero-order valence-electron chi connectivity index (χ0n) is 27.0. The summed E-state index contributed by atoms with van der Waals surface area (Å²) in [6.45, 7) is 4.48. The highest BCUT2D eigenvalue weighted by Crippen LogP contribution is 2.51. The average Bonchev–Trinajstić information content (AvgIpc) is 3.59. The third-order valence-corrected chi connectivity index (χ3v) is 11.3. The normalized spacial score (nSPS) is 19.0. The Bertz CT molecular complexity index is 1480. The van der Waals surface area contributed by atoms with E-state index in [1.54, 1.807) is 19.2 Å². The Morgan fingerprint density at radius 2 is 1.78 bits per heavy atom. The van der Waals surface area contributed by atoms with Gasteiger partial charge in [-0.15, -0.1) is 10.8 Å². The summed E-state index contributed by atoms with van der Waals surface area (Å²) in [7, 11) is -1.58. The van der Waals surface area contributed by atoms with Gasteiger partial charge in [0.15, 0.2) is 5.82 Å². The molecule has 2 fully saturated rings. The summed E-state index contributed by atoms with van der Waals surface area (Å²) in [5.74, 6) is -0.336. The van der Waals surface area contributed by atoms with E-state index in [0.717, 1.165) is 48.1 Å². The van der Waals surface area contributed by atoms with Crippen LogP contribution in [0.3, 0.4) is 0 Å². The van der Waals surface area contributed by atoms with Crippen molar-refractivity contribution in [2.75, 3.05) is 30.3 Å². The number of amides is 1. The molecule has 0 spiro atoms. The number of aliphatic hydroxyl groups excluding tert-OH is 1. The molecule has 5 rings (SSSR count). The predicted molar refractivity (Wildman–Crippen MR) is 183 cm³/mol. The molecule has 10 heteroatoms. The van der Waals surface area contributed by atoms with Crippen molar-refractivity contribution in [1.29, 1.82) is 0 Å². The van der Waals surface area contributed by atoms with Crippen LogP contribution in [0.4, 0.5) is 10.1 Å². The molecule has 0 bridgehead atoms. The Morgan fingerprint density at radius 3 is 2.48 bits per heavy atom. The summed E-state index contributed by atoms with van der Waals surface area (Å²) in [5.41, 5.74) is 2.13. The number of aliphatic hydroxyl groups is 1. The Kier molecular flexibility index (Phi) is 11.0. The highest BCUT2D eigenvalue weighted by atomic mass is 32.3. The average molecular weight is 654 g/mol. The van der Waals surface area contributed by atoms with Gasteiger partial charge in [-0.25, -0.2) is 4.39 Å². The molecule has 8 nitrogen and oxygen atoms in total. The second-order valence-corrected chi connectivity index (χ2v) is 15.2. The molecule has 1 amide bonds. The first-order valence-electron chi connectivity index (χ1n) is 16.3. The molecule has 1 aliphatic carbocycles. The van der Waals surface area contributed by atoms with E-state index in [0.29, 0.717) is 25.8 Å². The van der Waals surface area contributed by atoms with E-state index in [9.17, 15) is 19.0 Å². The lowest BCUT2D eigenvalue weighted by molar-refractivity contribution is 0.0810. The van der Waals surface area contributed by atoms with Crippen molar-refractivity contribution in [2.24, 2.45) is 0 Å². The Balaban J connectivity index is 1.42. The molecule has 0 aromatic heterocycles. The number of nitrogens with zero attached hydrogens (tertiary/aromatic N) is 1. The minimum absolute atomic E-state index is 0.0658. The largest absolute Gasteiger partial charge is 0.497 e. The summed E-state index contributed by atoms with van der Waals surface area (Å²) < 4.78 is 44.8. The van der Waals surface area contributed by atoms with Crippen LogP contribution in [0.25, 0.3) is 0 Å². The minimum atomic E-state index is -3.20. The van der Waals surface area contributed by atoms with E-state index in [2.05, 4.69) is 10.6 Å². The molecule has 2 atom stereocenters. The van der Waals surface area contributed by atoms with Crippen molar-refractivity contribution in [3.05, 3.63) is 94.8 Å². The van der Waals surface area contributed by atoms with E-state index >= 15 is 4.39 Å². The van der Waals surface area contributed by atoms with Gasteiger partial charge in [0.25, 0.3) is 5.91 Å². The highest BCUT2D eigenvalue weighted by molar-refractivity contribution is 8.25. The fraction of sp³-hybridized carbons (Fsp3) is 0.472. The van der Waals surface area contributed by atoms with Crippen LogP contribution in [-0.4, -0.2) is 58.2 Å². The molecule has 0 unspecified atom stereocenters. The lowest BCUT2D eigenvalue weighted by Gasteiger charge is -2.47. The molecule has 0 radical (unpaired) electrons. The quantitative estimate of drug-likeness (QED) is 0.143. The smallest absolute Gasteiger partial charge is 0.254 e. The Hall–Kier alpha value is -3.15. The van der Waals surface area contributed by atoms with Gasteiger partial charge < -0.3 is 20.5 Å². The summed E-state index contributed by atoms with van der Waals surface area (Å²) in [5, 5.41) is 17.9. The molecule has 1 aliphatic heterocycles. The summed E-state index contributed by atoms with van der Waals surface area (Å²) in [6.07, 6.45) is 4.66. The standard InChI is InChI=1S/C36H48FN3O5S/c1-36(2,28-16-11-17-29(23-28)45-3)38-24-33(41)31(20-25-12-5-4-6-13-25)39-35(42)30-21-27(26-14-7-8-15-26)22-32(34(30)37)40-18-9-10-19-46(40,43)44/h4-6,11-13,16-17,21-23,26,31,33,38,41,43-44H,7-10,14-15,18-20,24H2,1-3H3,(H,39,42)/t31-,33+/m0/s1. The number of carbonyl (C=O) groups is 1. The van der Waals surface area contributed by atoms with Crippen molar-refractivity contribution in [3.8, 4) is 5.75 Å². The summed E-state index contributed by atoms with van der Waals surface area (Å²) in [6, 6.07) is 19.9. The van der Waals surface area contributed by atoms with Crippen molar-refractivity contribution < 1.29 is 28.1 Å². The zero-order valence-corrected chi connectivity index (χ0v) is 27.9. The lowest BCUT2D eigenvalue weighted by atomic mass is 9.92. The van der Waals surface area contributed by atoms with Gasteiger partial charge in [0.2, 0.25) is 0 Å². The fourth-order valence-electron chi connectivity index (χ4n) is 6.57. The van der Waals surface area contributed by atoms with E-state index in [-0.39, 0.29) is 29.5 Å². The van der Waals surface area contributed by atoms with Crippen LogP contribution in [-0.2, 0) is 12.0 Å². The number of hydrogen-bond acceptors (Lipinski definition) is 7. The maximum Gasteiger partial charge on any atom is 0.254 e. The number of benzene rings is 3. The predicted octanol–water partition coefficient (Wildman–Crippen LogP) is 6.98. The SMILES string of the molecule is COc1cccc(C(C)(C)NC[C@@H](O)[C@H](Cc2ccccc2)NC(=O)c2cc(C3CCCC3)cc(N3CCCCS3(O)O)c2F)c1. The van der Waals surface area contributed by atoms with Crippen molar-refractivity contribution in [2.45, 2.75) is 82.4 Å². The number of rotatable bonds is 12. The van der Waals surface area contributed by atoms with E-state index in [1.165, 1.54) is 4.31 Å². The molecule has 5 N–H and O–H groups in total. The van der Waals surface area contributed by atoms with Crippen molar-refractivity contribution in [3.63, 3.8) is 0 Å². The molecule has 1 saturated carbocycles. The zero-order chi connectivity index (χ0) is 32.9. The first-order valence-corrected chi connectivity index (χ1v) is 18.0. The van der Waals surface area contributed by atoms with E-state index in [1.807, 2.05) is 68.4 Å². The molecular weight excluding hydrogens is 605 g/mol. The van der Waals surface area contributed by atoms with Crippen LogP contribution >= 0.6 is 10.8 Å². The molecule has 3 aromatic carbocycles. The molecule has 1 heterocycles. The number of ether oxygens (including phenoxy) is 1. The maximum absolute atomic E-state index is 16.4. The van der Waals surface area contributed by atoms with Gasteiger partial charge in [0, 0.05) is 18.6 Å². The molecular formula is C36H48FN3O5S. The van der Waals surface area contributed by atoms with E-state index < -0.39 is 40.2 Å². The van der Waals surface area contributed by atoms with Gasteiger partial charge in [-0.2, -0.15) is 0 Å². The van der Waals surface area contributed by atoms with Crippen molar-refractivity contribution >= 4 is 22.4 Å². The highest BCUT2D eigenvalue weighted by Gasteiger charge is 2.33. The monoisotopic (exact) mass is 653 g/mol. The van der Waals surface area contributed by atoms with Gasteiger partial charge in [-0.1, -0.05) is 55.3 Å². The summed E-state index contributed by atoms with van der Waals surface area (Å²) in [4.78, 5) is 14.0. The fourth-order valence-corrected chi connectivity index (χ4v) is 8.25. The summed E-state index contributed by atoms with van der Waals surface area (Å²) >= 11 is 0. The number of anilines is 1. The first-order chi connectivity index (χ1) is 22.0. The second kappa shape index (κ2) is 14.7. The Morgan fingerprint density at radius 1 is 1.04 bits per heavy atom. The Labute approximate surface area is 273 Å². The molecule has 46 heavy (non-hydrogen) atoms. The van der Waals surface area contributed by atoms with Crippen LogP contribution in [0.1, 0.15) is 85.3 Å². The number of carbonyl (C=O) groups excluding carboxylic acids is 1. The third-order valence-electron chi connectivity index (χ3n) is 9.42. The minimum Gasteiger partial charge on any atom is -0.497 e. The number of nitrogens with one attached hydrogen (secondary N) is 2. The van der Waals surface area contributed by atoms with Crippen LogP contribution in [0.2, 0.25) is 0 Å². The molecule has 1 saturated heterocycles. The van der Waals surface area contributed by atoms with Gasteiger partial charge in [-0.3, -0.25) is 18.2 Å². The van der Waals surface area contributed by atoms with Crippen LogP contribution in [0.5, 0.6) is 5.75 Å². The van der Waals surface area contributed by atoms with Crippen LogP contribution in [0, 0.1) is 5.82 Å². The topological polar surface area (TPSA) is 114 Å². The molecule has 250 valence electrons. The number of hydrogen-bond donors (Lipinski definition) is 5. The lowest BCUT2D eigenvalue weighted by Crippen LogP contribution is -2.51. The number of halogens is 1. The van der Waals surface area contributed by atoms with Gasteiger partial charge in [0.1, 0.15) is 5.75 Å². The molecule has 3 aromatic rings. The van der Waals surface area contributed by atoms with Gasteiger partial charge >= 0.3 is 0 Å². The van der Waals surface area contributed by atoms with Crippen LogP contribution in [0.15, 0.2) is 66.7 Å². The third kappa shape index (κ3) is 8.04.